The number of hydrogen-bond acceptors (Lipinski definition) is 4. The molecule has 4 aromatic heterocycles. The van der Waals surface area contributed by atoms with Gasteiger partial charge < -0.3 is 10.3 Å². The highest BCUT2D eigenvalue weighted by Crippen LogP contribution is 2.36. The number of halogens is 1. The van der Waals surface area contributed by atoms with Gasteiger partial charge in [-0.2, -0.15) is 5.10 Å². The Hall–Kier alpha value is -4.78. The Kier molecular flexibility index (Phi) is 5.28. The van der Waals surface area contributed by atoms with Crippen LogP contribution in [0.25, 0.3) is 55.6 Å². The molecule has 0 unspecified atom stereocenters. The minimum Gasteiger partial charge on any atom is -0.358 e. The highest BCUT2D eigenvalue weighted by molar-refractivity contribution is 6.01. The van der Waals surface area contributed by atoms with Crippen molar-refractivity contribution in [3.63, 3.8) is 0 Å². The number of rotatable bonds is 6. The lowest BCUT2D eigenvalue weighted by Crippen LogP contribution is -2.18. The Morgan fingerprint density at radius 2 is 1.79 bits per heavy atom. The fourth-order valence-electron chi connectivity index (χ4n) is 5.17. The molecule has 186 valence electrons. The third kappa shape index (κ3) is 3.93. The number of nitrogens with zero attached hydrogens (tertiary/aromatic N) is 3. The van der Waals surface area contributed by atoms with Gasteiger partial charge in [0, 0.05) is 45.5 Å². The second kappa shape index (κ2) is 8.95. The maximum atomic E-state index is 13.9. The van der Waals surface area contributed by atoms with Crippen molar-refractivity contribution >= 4 is 27.6 Å². The number of anilines is 1. The predicted octanol–water partition coefficient (Wildman–Crippen LogP) is 7.70. The highest BCUT2D eigenvalue weighted by Gasteiger charge is 2.21. The van der Waals surface area contributed by atoms with Crippen LogP contribution in [0, 0.1) is 11.7 Å². The molecule has 38 heavy (non-hydrogen) atoms. The van der Waals surface area contributed by atoms with Crippen molar-refractivity contribution in [2.45, 2.75) is 19.3 Å². The lowest BCUT2D eigenvalue weighted by Gasteiger charge is -2.28. The number of H-pyrrole nitrogens is 2. The van der Waals surface area contributed by atoms with Gasteiger partial charge in [-0.3, -0.25) is 10.1 Å². The van der Waals surface area contributed by atoms with Crippen LogP contribution < -0.4 is 5.32 Å². The van der Waals surface area contributed by atoms with Crippen LogP contribution in [0.15, 0.2) is 91.5 Å². The third-order valence-corrected chi connectivity index (χ3v) is 7.45. The molecular weight excluding hydrogens is 475 g/mol. The lowest BCUT2D eigenvalue weighted by molar-refractivity contribution is 0.371. The highest BCUT2D eigenvalue weighted by atomic mass is 19.1. The van der Waals surface area contributed by atoms with Gasteiger partial charge in [-0.15, -0.1) is 0 Å². The maximum Gasteiger partial charge on any atom is 0.181 e. The van der Waals surface area contributed by atoms with Crippen molar-refractivity contribution in [2.24, 2.45) is 5.92 Å². The molecule has 0 bridgehead atoms. The van der Waals surface area contributed by atoms with E-state index in [9.17, 15) is 4.39 Å². The first-order chi connectivity index (χ1) is 18.6. The largest absolute Gasteiger partial charge is 0.358 e. The zero-order valence-electron chi connectivity index (χ0n) is 20.6. The van der Waals surface area contributed by atoms with E-state index >= 15 is 0 Å². The molecule has 1 aliphatic rings. The molecule has 0 radical (unpaired) electrons. The van der Waals surface area contributed by atoms with Gasteiger partial charge in [0.05, 0.1) is 23.3 Å². The Morgan fingerprint density at radius 3 is 2.63 bits per heavy atom. The van der Waals surface area contributed by atoms with E-state index in [1.165, 1.54) is 25.3 Å². The summed E-state index contributed by atoms with van der Waals surface area (Å²) in [7, 11) is 0. The molecule has 6 nitrogen and oxygen atoms in total. The summed E-state index contributed by atoms with van der Waals surface area (Å²) in [4.78, 5) is 12.6. The van der Waals surface area contributed by atoms with Crippen molar-refractivity contribution in [3.8, 4) is 33.6 Å². The number of benzene rings is 2. The topological polar surface area (TPSA) is 82.3 Å². The predicted molar refractivity (Wildman–Crippen MR) is 150 cm³/mol. The van der Waals surface area contributed by atoms with Crippen molar-refractivity contribution in [2.75, 3.05) is 5.32 Å². The number of fused-ring (bicyclic) bond motifs is 2. The van der Waals surface area contributed by atoms with E-state index in [0.29, 0.717) is 11.6 Å². The van der Waals surface area contributed by atoms with E-state index in [0.717, 1.165) is 61.3 Å². The molecule has 7 rings (SSSR count). The van der Waals surface area contributed by atoms with Crippen LogP contribution in [0.1, 0.15) is 19.3 Å². The van der Waals surface area contributed by atoms with Crippen LogP contribution in [-0.4, -0.2) is 25.1 Å². The summed E-state index contributed by atoms with van der Waals surface area (Å²) >= 11 is 0. The average Bonchev–Trinajstić information content (AvgIpc) is 3.51. The number of allylic oxidation sites excluding steroid dienone is 1. The van der Waals surface area contributed by atoms with E-state index in [-0.39, 0.29) is 5.82 Å². The summed E-state index contributed by atoms with van der Waals surface area (Å²) in [5.74, 6) is 0.289. The van der Waals surface area contributed by atoms with Gasteiger partial charge in [0.25, 0.3) is 0 Å². The fourth-order valence-corrected chi connectivity index (χ4v) is 5.17. The van der Waals surface area contributed by atoms with Gasteiger partial charge in [-0.1, -0.05) is 37.3 Å². The van der Waals surface area contributed by atoms with Crippen LogP contribution in [-0.2, 0) is 0 Å². The number of aromatic nitrogens is 5. The van der Waals surface area contributed by atoms with Crippen LogP contribution in [0.4, 0.5) is 10.1 Å². The SMILES string of the molecule is C=C(Nc1cncc(-c2cnc3n[nH]c(-c4cc5c(-c6cccc(F)c6)cccc5[nH]4)c3c2)c1)C1CCC1. The summed E-state index contributed by atoms with van der Waals surface area (Å²) in [6.07, 6.45) is 9.14. The third-order valence-electron chi connectivity index (χ3n) is 7.45. The molecule has 6 aromatic rings. The molecule has 4 heterocycles. The molecule has 1 saturated carbocycles. The minimum atomic E-state index is -0.255. The normalized spacial score (nSPS) is 13.6. The standard InChI is InChI=1S/C31H25FN6/c1-18(19-5-2-6-19)35-24-12-21(15-33-17-24)22-13-27-30(37-38-31(27)34-16-22)29-14-26-25(9-4-10-28(26)36-29)20-7-3-8-23(32)11-20/h3-4,7-17,19,35-36H,1-2,5-6H2,(H,34,37,38). The Balaban J connectivity index is 1.26. The fraction of sp³-hybridized carbons (Fsp3) is 0.129. The summed E-state index contributed by atoms with van der Waals surface area (Å²) in [5.41, 5.74) is 9.00. The van der Waals surface area contributed by atoms with Gasteiger partial charge in [0.15, 0.2) is 5.65 Å². The molecule has 7 heteroatoms. The second-order valence-corrected chi connectivity index (χ2v) is 9.89. The first-order valence-electron chi connectivity index (χ1n) is 12.8. The van der Waals surface area contributed by atoms with Gasteiger partial charge >= 0.3 is 0 Å². The molecule has 0 saturated heterocycles. The van der Waals surface area contributed by atoms with E-state index in [1.807, 2.05) is 42.9 Å². The molecule has 3 N–H and O–H groups in total. The van der Waals surface area contributed by atoms with Crippen LogP contribution in [0.3, 0.4) is 0 Å². The van der Waals surface area contributed by atoms with Crippen molar-refractivity contribution in [1.82, 2.24) is 25.1 Å². The summed E-state index contributed by atoms with van der Waals surface area (Å²) in [5, 5.41) is 12.9. The van der Waals surface area contributed by atoms with E-state index in [4.69, 9.17) is 0 Å². The van der Waals surface area contributed by atoms with E-state index < -0.39 is 0 Å². The quantitative estimate of drug-likeness (QED) is 0.219. The van der Waals surface area contributed by atoms with Crippen molar-refractivity contribution in [3.05, 3.63) is 97.3 Å². The Morgan fingerprint density at radius 1 is 0.921 bits per heavy atom. The van der Waals surface area contributed by atoms with Crippen molar-refractivity contribution in [1.29, 1.82) is 0 Å². The summed E-state index contributed by atoms with van der Waals surface area (Å²) in [6, 6.07) is 18.9. The first-order valence-corrected chi connectivity index (χ1v) is 12.8. The van der Waals surface area contributed by atoms with Gasteiger partial charge in [0.2, 0.25) is 0 Å². The molecule has 1 fully saturated rings. The average molecular weight is 501 g/mol. The van der Waals surface area contributed by atoms with Crippen molar-refractivity contribution < 1.29 is 4.39 Å². The molecule has 0 spiro atoms. The van der Waals surface area contributed by atoms with Crippen LogP contribution in [0.2, 0.25) is 0 Å². The van der Waals surface area contributed by atoms with Gasteiger partial charge in [0.1, 0.15) is 5.82 Å². The second-order valence-electron chi connectivity index (χ2n) is 9.89. The monoisotopic (exact) mass is 500 g/mol. The number of pyridine rings is 2. The molecule has 0 atom stereocenters. The molecule has 1 aliphatic carbocycles. The van der Waals surface area contributed by atoms with Crippen LogP contribution in [0.5, 0.6) is 0 Å². The Labute approximate surface area is 218 Å². The van der Waals surface area contributed by atoms with Crippen LogP contribution >= 0.6 is 0 Å². The summed E-state index contributed by atoms with van der Waals surface area (Å²) in [6.45, 7) is 4.22. The molecule has 2 aromatic carbocycles. The molecule has 0 aliphatic heterocycles. The summed E-state index contributed by atoms with van der Waals surface area (Å²) < 4.78 is 13.9. The maximum absolute atomic E-state index is 13.9. The van der Waals surface area contributed by atoms with Gasteiger partial charge in [-0.25, -0.2) is 9.37 Å². The van der Waals surface area contributed by atoms with E-state index in [2.05, 4.69) is 55.2 Å². The molecular formula is C31H25FN6. The lowest BCUT2D eigenvalue weighted by atomic mass is 9.83. The number of nitrogens with one attached hydrogen (secondary N) is 3. The number of aromatic amines is 2. The first kappa shape index (κ1) is 22.4. The molecule has 0 amide bonds. The zero-order chi connectivity index (χ0) is 25.6. The van der Waals surface area contributed by atoms with E-state index in [1.54, 1.807) is 12.1 Å². The number of hydrogen-bond donors (Lipinski definition) is 3. The Bertz CT molecular complexity index is 1830. The zero-order valence-corrected chi connectivity index (χ0v) is 20.6. The minimum absolute atomic E-state index is 0.255. The van der Waals surface area contributed by atoms with Gasteiger partial charge in [-0.05, 0) is 66.3 Å². The smallest absolute Gasteiger partial charge is 0.181 e.